The van der Waals surface area contributed by atoms with E-state index in [-0.39, 0.29) is 25.7 Å². The van der Waals surface area contributed by atoms with Crippen LogP contribution in [0.2, 0.25) is 0 Å². The summed E-state index contributed by atoms with van der Waals surface area (Å²) in [5, 5.41) is 13.5. The topological polar surface area (TPSA) is 131 Å². The molecule has 0 aliphatic rings. The highest BCUT2D eigenvalue weighted by atomic mass is 31.2. The van der Waals surface area contributed by atoms with Gasteiger partial charge in [0.15, 0.2) is 0 Å². The predicted molar refractivity (Wildman–Crippen MR) is 152 cm³/mol. The lowest BCUT2D eigenvalue weighted by Crippen LogP contribution is -2.46. The highest BCUT2D eigenvalue weighted by Gasteiger charge is 2.27. The molecule has 0 saturated heterocycles. The van der Waals surface area contributed by atoms with Crippen molar-refractivity contribution in [1.82, 2.24) is 5.32 Å². The number of phosphoric ester groups is 1. The number of carbonyl (C=O) groups excluding carboxylic acids is 1. The first-order valence-electron chi connectivity index (χ1n) is 15.2. The van der Waals surface area contributed by atoms with Gasteiger partial charge in [0.05, 0.1) is 25.4 Å². The molecule has 3 unspecified atom stereocenters. The number of carbonyl (C=O) groups is 1. The van der Waals surface area contributed by atoms with E-state index in [0.717, 1.165) is 38.5 Å². The third-order valence-electron chi connectivity index (χ3n) is 6.71. The van der Waals surface area contributed by atoms with E-state index in [9.17, 15) is 19.4 Å². The zero-order valence-electron chi connectivity index (χ0n) is 24.0. The highest BCUT2D eigenvalue weighted by molar-refractivity contribution is 7.47. The van der Waals surface area contributed by atoms with Gasteiger partial charge in [-0.2, -0.15) is 0 Å². The summed E-state index contributed by atoms with van der Waals surface area (Å²) < 4.78 is 21.8. The van der Waals surface area contributed by atoms with Gasteiger partial charge in [0, 0.05) is 13.0 Å². The maximum Gasteiger partial charge on any atom is 0.472 e. The molecule has 0 rings (SSSR count). The first-order chi connectivity index (χ1) is 17.9. The average Bonchev–Trinajstić information content (AvgIpc) is 2.87. The minimum absolute atomic E-state index is 0.0912. The van der Waals surface area contributed by atoms with Crippen LogP contribution in [0.1, 0.15) is 142 Å². The second-order valence-electron chi connectivity index (χ2n) is 10.3. The Morgan fingerprint density at radius 2 is 1.24 bits per heavy atom. The first kappa shape index (κ1) is 36.5. The number of nitrogens with two attached hydrogens (primary N) is 1. The van der Waals surface area contributed by atoms with E-state index in [2.05, 4.69) is 19.2 Å². The van der Waals surface area contributed by atoms with Crippen molar-refractivity contribution in [2.24, 2.45) is 5.73 Å². The summed E-state index contributed by atoms with van der Waals surface area (Å²) in [5.41, 5.74) is 5.32. The lowest BCUT2D eigenvalue weighted by molar-refractivity contribution is -0.123. The fourth-order valence-corrected chi connectivity index (χ4v) is 5.13. The Kier molecular flexibility index (Phi) is 25.4. The lowest BCUT2D eigenvalue weighted by atomic mass is 10.0. The van der Waals surface area contributed by atoms with Gasteiger partial charge in [-0.3, -0.25) is 13.8 Å². The van der Waals surface area contributed by atoms with Crippen LogP contribution >= 0.6 is 7.82 Å². The number of phosphoric acid groups is 1. The van der Waals surface area contributed by atoms with Crippen molar-refractivity contribution in [3.8, 4) is 0 Å². The van der Waals surface area contributed by atoms with Gasteiger partial charge in [-0.15, -0.1) is 0 Å². The van der Waals surface area contributed by atoms with Gasteiger partial charge in [0.2, 0.25) is 5.91 Å². The monoisotopic (exact) mass is 550 g/mol. The molecule has 0 fully saturated rings. The summed E-state index contributed by atoms with van der Waals surface area (Å²) in [6, 6.07) is -0.762. The minimum atomic E-state index is -4.28. The van der Waals surface area contributed by atoms with Crippen LogP contribution in [0.5, 0.6) is 0 Å². The van der Waals surface area contributed by atoms with Crippen LogP contribution in [0, 0.1) is 0 Å². The molecule has 0 spiro atoms. The third kappa shape index (κ3) is 24.3. The molecule has 0 aromatic heterocycles. The third-order valence-corrected chi connectivity index (χ3v) is 7.70. The molecule has 9 heteroatoms. The molecule has 0 aromatic carbocycles. The quantitative estimate of drug-likeness (QED) is 0.0625. The summed E-state index contributed by atoms with van der Waals surface area (Å²) in [7, 11) is -4.28. The molecule has 5 N–H and O–H groups in total. The molecule has 0 aliphatic carbocycles. The van der Waals surface area contributed by atoms with E-state index in [4.69, 9.17) is 14.8 Å². The smallest absolute Gasteiger partial charge is 0.391 e. The van der Waals surface area contributed by atoms with E-state index < -0.39 is 20.0 Å². The van der Waals surface area contributed by atoms with Crippen LogP contribution in [0.4, 0.5) is 0 Å². The Morgan fingerprint density at radius 1 is 0.784 bits per heavy atom. The molecule has 0 saturated carbocycles. The van der Waals surface area contributed by atoms with Crippen molar-refractivity contribution in [2.75, 3.05) is 19.8 Å². The zero-order chi connectivity index (χ0) is 27.6. The molecule has 3 atom stereocenters. The number of aliphatic hydroxyl groups is 1. The van der Waals surface area contributed by atoms with Gasteiger partial charge in [0.25, 0.3) is 0 Å². The summed E-state index contributed by atoms with van der Waals surface area (Å²) in [4.78, 5) is 22.3. The Balaban J connectivity index is 4.34. The SMILES string of the molecule is CCCCCCCCCCCCCC(=O)NC(COP(=O)(O)OCCN)C(O)CCCCCCCCC. The second kappa shape index (κ2) is 25.8. The molecule has 8 nitrogen and oxygen atoms in total. The number of nitrogens with one attached hydrogen (secondary N) is 1. The summed E-state index contributed by atoms with van der Waals surface area (Å²) >= 11 is 0. The van der Waals surface area contributed by atoms with E-state index in [0.29, 0.717) is 12.8 Å². The van der Waals surface area contributed by atoms with E-state index >= 15 is 0 Å². The lowest BCUT2D eigenvalue weighted by Gasteiger charge is -2.25. The Labute approximate surface area is 227 Å². The number of unbranched alkanes of at least 4 members (excludes halogenated alkanes) is 16. The van der Waals surface area contributed by atoms with Crippen molar-refractivity contribution in [3.63, 3.8) is 0 Å². The maximum absolute atomic E-state index is 12.5. The van der Waals surface area contributed by atoms with Gasteiger partial charge < -0.3 is 21.1 Å². The van der Waals surface area contributed by atoms with Gasteiger partial charge in [0.1, 0.15) is 0 Å². The van der Waals surface area contributed by atoms with E-state index in [1.165, 1.54) is 77.0 Å². The fourth-order valence-electron chi connectivity index (χ4n) is 4.37. The van der Waals surface area contributed by atoms with Crippen LogP contribution in [-0.2, 0) is 18.4 Å². The zero-order valence-corrected chi connectivity index (χ0v) is 24.9. The van der Waals surface area contributed by atoms with Crippen molar-refractivity contribution in [3.05, 3.63) is 0 Å². The molecule has 0 radical (unpaired) electrons. The molecular formula is C28H59N2O6P. The molecule has 0 heterocycles. The largest absolute Gasteiger partial charge is 0.472 e. The second-order valence-corrected chi connectivity index (χ2v) is 11.8. The molecule has 0 aromatic rings. The first-order valence-corrected chi connectivity index (χ1v) is 16.6. The number of aliphatic hydroxyl groups excluding tert-OH is 1. The Morgan fingerprint density at radius 3 is 1.73 bits per heavy atom. The molecule has 0 bridgehead atoms. The Hall–Kier alpha value is -0.500. The van der Waals surface area contributed by atoms with Crippen LogP contribution in [0.25, 0.3) is 0 Å². The van der Waals surface area contributed by atoms with Crippen LogP contribution in [-0.4, -0.2) is 47.8 Å². The number of amides is 1. The van der Waals surface area contributed by atoms with Crippen molar-refractivity contribution < 1.29 is 28.4 Å². The van der Waals surface area contributed by atoms with Gasteiger partial charge >= 0.3 is 7.82 Å². The molecule has 1 amide bonds. The predicted octanol–water partition coefficient (Wildman–Crippen LogP) is 6.77. The normalized spacial score (nSPS) is 14.8. The number of hydrogen-bond acceptors (Lipinski definition) is 6. The van der Waals surface area contributed by atoms with Crippen LogP contribution in [0.15, 0.2) is 0 Å². The summed E-state index contributed by atoms with van der Waals surface area (Å²) in [5.74, 6) is -0.168. The van der Waals surface area contributed by atoms with Gasteiger partial charge in [-0.1, -0.05) is 123 Å². The Bertz CT molecular complexity index is 567. The standard InChI is InChI=1S/C28H59N2O6P/c1-3-5-7-9-11-12-13-14-16-18-20-22-28(32)30-26(25-36-37(33,34)35-24-23-29)27(31)21-19-17-15-10-8-6-4-2/h26-27,31H,3-25,29H2,1-2H3,(H,30,32)(H,33,34). The summed E-state index contributed by atoms with van der Waals surface area (Å²) in [6.07, 6.45) is 21.2. The van der Waals surface area contributed by atoms with Gasteiger partial charge in [-0.05, 0) is 12.8 Å². The summed E-state index contributed by atoms with van der Waals surface area (Å²) in [6.45, 7) is 4.12. The van der Waals surface area contributed by atoms with Crippen molar-refractivity contribution >= 4 is 13.7 Å². The van der Waals surface area contributed by atoms with Crippen molar-refractivity contribution in [2.45, 2.75) is 154 Å². The molecule has 37 heavy (non-hydrogen) atoms. The maximum atomic E-state index is 12.5. The minimum Gasteiger partial charge on any atom is -0.391 e. The van der Waals surface area contributed by atoms with Gasteiger partial charge in [-0.25, -0.2) is 4.57 Å². The molecule has 0 aliphatic heterocycles. The van der Waals surface area contributed by atoms with E-state index in [1.807, 2.05) is 0 Å². The van der Waals surface area contributed by atoms with Crippen molar-refractivity contribution in [1.29, 1.82) is 0 Å². The fraction of sp³-hybridized carbons (Fsp3) is 0.964. The average molecular weight is 551 g/mol. The molecular weight excluding hydrogens is 491 g/mol. The molecule has 222 valence electrons. The van der Waals surface area contributed by atoms with E-state index in [1.54, 1.807) is 0 Å². The highest BCUT2D eigenvalue weighted by Crippen LogP contribution is 2.43. The number of hydrogen-bond donors (Lipinski definition) is 4. The number of rotatable bonds is 28. The van der Waals surface area contributed by atoms with Crippen LogP contribution in [0.3, 0.4) is 0 Å². The van der Waals surface area contributed by atoms with Crippen LogP contribution < -0.4 is 11.1 Å².